The van der Waals surface area contributed by atoms with Crippen molar-refractivity contribution in [3.63, 3.8) is 0 Å². The molecule has 2 aromatic heterocycles. The van der Waals surface area contributed by atoms with E-state index in [0.717, 1.165) is 4.34 Å². The van der Waals surface area contributed by atoms with Crippen molar-refractivity contribution >= 4 is 34.7 Å². The van der Waals surface area contributed by atoms with Crippen LogP contribution >= 0.6 is 34.7 Å². The van der Waals surface area contributed by atoms with E-state index in [1.54, 1.807) is 5.51 Å². The first kappa shape index (κ1) is 10.5. The van der Waals surface area contributed by atoms with Gasteiger partial charge >= 0.3 is 6.01 Å². The molecule has 0 saturated heterocycles. The van der Waals surface area contributed by atoms with Gasteiger partial charge in [0.15, 0.2) is 4.34 Å². The first-order valence-electron chi connectivity index (χ1n) is 3.67. The second-order valence-corrected chi connectivity index (χ2v) is 4.57. The number of hydrogen-bond acceptors (Lipinski definition) is 8. The smallest absolute Gasteiger partial charge is 0.321 e. The third kappa shape index (κ3) is 2.74. The molecule has 6 nitrogen and oxygen atoms in total. The van der Waals surface area contributed by atoms with Gasteiger partial charge in [-0.15, -0.1) is 10.2 Å². The second-order valence-electron chi connectivity index (χ2n) is 2.18. The van der Waals surface area contributed by atoms with Crippen LogP contribution in [0, 0.1) is 0 Å². The van der Waals surface area contributed by atoms with Crippen LogP contribution in [-0.2, 0) is 0 Å². The molecular weight excluding hydrogens is 258 g/mol. The van der Waals surface area contributed by atoms with E-state index in [4.69, 9.17) is 16.3 Å². The second kappa shape index (κ2) is 4.69. The SMILES string of the molecule is COc1nc(Cl)nc(Sc2nncs2)n1. The minimum Gasteiger partial charge on any atom is -0.467 e. The van der Waals surface area contributed by atoms with E-state index in [1.807, 2.05) is 0 Å². The third-order valence-corrected chi connectivity index (χ3v) is 3.08. The minimum absolute atomic E-state index is 0.0915. The Bertz CT molecular complexity index is 451. The highest BCUT2D eigenvalue weighted by molar-refractivity contribution is 8.00. The van der Waals surface area contributed by atoms with Gasteiger partial charge in [0.2, 0.25) is 10.4 Å². The predicted octanol–water partition coefficient (Wildman–Crippen LogP) is 1.54. The normalized spacial score (nSPS) is 10.3. The summed E-state index contributed by atoms with van der Waals surface area (Å²) < 4.78 is 5.60. The molecule has 0 atom stereocenters. The number of methoxy groups -OCH3 is 1. The molecule has 0 aromatic carbocycles. The van der Waals surface area contributed by atoms with Crippen LogP contribution in [0.15, 0.2) is 15.0 Å². The Morgan fingerprint density at radius 1 is 1.40 bits per heavy atom. The van der Waals surface area contributed by atoms with Crippen LogP contribution < -0.4 is 4.74 Å². The molecule has 0 aliphatic heterocycles. The maximum atomic E-state index is 5.68. The summed E-state index contributed by atoms with van der Waals surface area (Å²) >= 11 is 8.33. The molecule has 0 aliphatic carbocycles. The van der Waals surface area contributed by atoms with E-state index in [2.05, 4.69) is 25.1 Å². The number of ether oxygens (including phenoxy) is 1. The number of halogens is 1. The van der Waals surface area contributed by atoms with Crippen molar-refractivity contribution in [2.75, 3.05) is 7.11 Å². The number of aromatic nitrogens is 5. The lowest BCUT2D eigenvalue weighted by Gasteiger charge is -1.99. The van der Waals surface area contributed by atoms with Gasteiger partial charge < -0.3 is 4.74 Å². The zero-order valence-corrected chi connectivity index (χ0v) is 9.81. The van der Waals surface area contributed by atoms with E-state index in [0.29, 0.717) is 5.16 Å². The quantitative estimate of drug-likeness (QED) is 0.829. The molecule has 0 bridgehead atoms. The third-order valence-electron chi connectivity index (χ3n) is 1.27. The van der Waals surface area contributed by atoms with E-state index in [-0.39, 0.29) is 11.3 Å². The summed E-state index contributed by atoms with van der Waals surface area (Å²) in [5.74, 6) is 0. The highest BCUT2D eigenvalue weighted by atomic mass is 35.5. The monoisotopic (exact) mass is 261 g/mol. The topological polar surface area (TPSA) is 73.7 Å². The minimum atomic E-state index is 0.0915. The number of hydrogen-bond donors (Lipinski definition) is 0. The van der Waals surface area contributed by atoms with Gasteiger partial charge in [0, 0.05) is 0 Å². The fraction of sp³-hybridized carbons (Fsp3) is 0.167. The number of nitrogens with zero attached hydrogens (tertiary/aromatic N) is 5. The van der Waals surface area contributed by atoms with Crippen molar-refractivity contribution in [2.24, 2.45) is 0 Å². The van der Waals surface area contributed by atoms with Crippen molar-refractivity contribution in [1.29, 1.82) is 0 Å². The average Bonchev–Trinajstić information content (AvgIpc) is 2.69. The molecule has 78 valence electrons. The Hall–Kier alpha value is -0.990. The Morgan fingerprint density at radius 3 is 2.93 bits per heavy atom. The largest absolute Gasteiger partial charge is 0.467 e. The molecule has 0 N–H and O–H groups in total. The van der Waals surface area contributed by atoms with Gasteiger partial charge in [-0.3, -0.25) is 0 Å². The standard InChI is InChI=1S/C6H4ClN5OS2/c1-13-4-9-3(7)10-5(11-4)15-6-12-8-2-14-6/h2H,1H3. The molecule has 0 aliphatic rings. The molecule has 0 radical (unpaired) electrons. The Kier molecular flexibility index (Phi) is 3.29. The van der Waals surface area contributed by atoms with Crippen molar-refractivity contribution < 1.29 is 4.74 Å². The van der Waals surface area contributed by atoms with Gasteiger partial charge in [0.25, 0.3) is 0 Å². The molecule has 0 unspecified atom stereocenters. The Morgan fingerprint density at radius 2 is 2.27 bits per heavy atom. The van der Waals surface area contributed by atoms with Crippen molar-refractivity contribution in [3.05, 3.63) is 10.8 Å². The van der Waals surface area contributed by atoms with Gasteiger partial charge in [-0.2, -0.15) is 15.0 Å². The fourth-order valence-electron chi connectivity index (χ4n) is 0.737. The lowest BCUT2D eigenvalue weighted by molar-refractivity contribution is 0.373. The van der Waals surface area contributed by atoms with Crippen LogP contribution in [0.4, 0.5) is 0 Å². The van der Waals surface area contributed by atoms with Crippen LogP contribution in [0.5, 0.6) is 6.01 Å². The molecule has 2 rings (SSSR count). The predicted molar refractivity (Wildman–Crippen MR) is 55.4 cm³/mol. The summed E-state index contributed by atoms with van der Waals surface area (Å²) in [6.45, 7) is 0. The maximum Gasteiger partial charge on any atom is 0.321 e. The summed E-state index contributed by atoms with van der Waals surface area (Å²) in [5.41, 5.74) is 1.63. The van der Waals surface area contributed by atoms with Crippen LogP contribution in [0.2, 0.25) is 5.28 Å². The van der Waals surface area contributed by atoms with E-state index < -0.39 is 0 Å². The van der Waals surface area contributed by atoms with Crippen LogP contribution in [0.1, 0.15) is 0 Å². The van der Waals surface area contributed by atoms with E-state index in [9.17, 15) is 0 Å². The summed E-state index contributed by atoms with van der Waals surface area (Å²) in [5, 5.41) is 8.06. The molecule has 0 spiro atoms. The summed E-state index contributed by atoms with van der Waals surface area (Å²) in [6, 6.07) is 0.182. The molecule has 0 saturated carbocycles. The molecule has 0 amide bonds. The average molecular weight is 262 g/mol. The lowest BCUT2D eigenvalue weighted by atomic mass is 11.0. The zero-order chi connectivity index (χ0) is 10.7. The van der Waals surface area contributed by atoms with Gasteiger partial charge in [0.05, 0.1) is 7.11 Å². The highest BCUT2D eigenvalue weighted by Gasteiger charge is 2.08. The lowest BCUT2D eigenvalue weighted by Crippen LogP contribution is -1.96. The first-order valence-corrected chi connectivity index (χ1v) is 5.75. The van der Waals surface area contributed by atoms with Gasteiger partial charge in [0.1, 0.15) is 5.51 Å². The summed E-state index contributed by atoms with van der Waals surface area (Å²) in [7, 11) is 1.46. The van der Waals surface area contributed by atoms with Crippen LogP contribution in [-0.4, -0.2) is 32.3 Å². The Balaban J connectivity index is 2.24. The van der Waals surface area contributed by atoms with Gasteiger partial charge in [-0.1, -0.05) is 11.3 Å². The number of rotatable bonds is 3. The van der Waals surface area contributed by atoms with Crippen LogP contribution in [0.3, 0.4) is 0 Å². The summed E-state index contributed by atoms with van der Waals surface area (Å²) in [6.07, 6.45) is 0. The molecule has 2 aromatic rings. The van der Waals surface area contributed by atoms with Crippen molar-refractivity contribution in [2.45, 2.75) is 9.50 Å². The van der Waals surface area contributed by atoms with E-state index in [1.165, 1.54) is 30.2 Å². The van der Waals surface area contributed by atoms with E-state index >= 15 is 0 Å². The molecule has 0 fully saturated rings. The first-order chi connectivity index (χ1) is 7.28. The van der Waals surface area contributed by atoms with Crippen molar-refractivity contribution in [3.8, 4) is 6.01 Å². The molecule has 9 heteroatoms. The van der Waals surface area contributed by atoms with Crippen LogP contribution in [0.25, 0.3) is 0 Å². The van der Waals surface area contributed by atoms with Crippen molar-refractivity contribution in [1.82, 2.24) is 25.1 Å². The van der Waals surface area contributed by atoms with Gasteiger partial charge in [-0.05, 0) is 23.4 Å². The molecule has 15 heavy (non-hydrogen) atoms. The highest BCUT2D eigenvalue weighted by Crippen LogP contribution is 2.26. The zero-order valence-electron chi connectivity index (χ0n) is 7.42. The molecule has 2 heterocycles. The Labute approximate surface area is 98.1 Å². The summed E-state index contributed by atoms with van der Waals surface area (Å²) in [4.78, 5) is 11.7. The fourth-order valence-corrected chi connectivity index (χ4v) is 2.26. The van der Waals surface area contributed by atoms with Gasteiger partial charge in [-0.25, -0.2) is 0 Å². The maximum absolute atomic E-state index is 5.68. The molecular formula is C6H4ClN5OS2.